The first kappa shape index (κ1) is 19.1. The van der Waals surface area contributed by atoms with Gasteiger partial charge in [0.25, 0.3) is 11.8 Å². The van der Waals surface area contributed by atoms with E-state index in [2.05, 4.69) is 15.8 Å². The number of thiazole rings is 1. The van der Waals surface area contributed by atoms with Crippen LogP contribution in [0.5, 0.6) is 5.75 Å². The van der Waals surface area contributed by atoms with Crippen molar-refractivity contribution in [2.45, 2.75) is 26.9 Å². The Hall–Kier alpha value is -2.71. The maximum atomic E-state index is 12.2. The third-order valence-corrected chi connectivity index (χ3v) is 6.02. The number of hydrazine groups is 1. The molecule has 0 spiro atoms. The van der Waals surface area contributed by atoms with Crippen molar-refractivity contribution in [2.24, 2.45) is 0 Å². The molecule has 2 heterocycles. The second-order valence-corrected chi connectivity index (χ2v) is 7.89. The fraction of sp³-hybridized carbons (Fsp3) is 0.211. The zero-order chi connectivity index (χ0) is 19.4. The molecule has 0 radical (unpaired) electrons. The van der Waals surface area contributed by atoms with Gasteiger partial charge in [0.15, 0.2) is 6.10 Å². The molecule has 0 bridgehead atoms. The number of carbonyl (C=O) groups excluding carboxylic acids is 2. The second kappa shape index (κ2) is 8.32. The van der Waals surface area contributed by atoms with Crippen molar-refractivity contribution in [3.05, 3.63) is 57.9 Å². The first-order chi connectivity index (χ1) is 13.0. The number of nitrogens with zero attached hydrogens (tertiary/aromatic N) is 1. The Balaban J connectivity index is 1.55. The van der Waals surface area contributed by atoms with E-state index >= 15 is 0 Å². The summed E-state index contributed by atoms with van der Waals surface area (Å²) in [6.07, 6.45) is 0.742. The van der Waals surface area contributed by atoms with Gasteiger partial charge < -0.3 is 4.74 Å². The van der Waals surface area contributed by atoms with Crippen molar-refractivity contribution < 1.29 is 14.3 Å². The van der Waals surface area contributed by atoms with Crippen molar-refractivity contribution in [3.8, 4) is 15.6 Å². The number of hydrogen-bond acceptors (Lipinski definition) is 6. The predicted octanol–water partition coefficient (Wildman–Crippen LogP) is 3.72. The monoisotopic (exact) mass is 401 g/mol. The largest absolute Gasteiger partial charge is 0.481 e. The highest BCUT2D eigenvalue weighted by Gasteiger charge is 2.18. The van der Waals surface area contributed by atoms with Gasteiger partial charge >= 0.3 is 0 Å². The number of amides is 2. The Morgan fingerprint density at radius 2 is 1.96 bits per heavy atom. The molecule has 1 aromatic carbocycles. The van der Waals surface area contributed by atoms with Crippen LogP contribution >= 0.6 is 22.7 Å². The first-order valence-electron chi connectivity index (χ1n) is 8.28. The number of aryl methyl sites for hydroxylation is 1. The lowest BCUT2D eigenvalue weighted by Gasteiger charge is -2.17. The maximum Gasteiger partial charge on any atom is 0.281 e. The minimum atomic E-state index is -0.756. The van der Waals surface area contributed by atoms with E-state index < -0.39 is 17.9 Å². The standard InChI is InChI=1S/C19H19N3O3S2/c1-11-6-4-7-14(12(11)2)25-13(3)17(23)21-22-18(24)16-10-20-19(27-16)15-8-5-9-26-15/h4-10,13H,1-3H3,(H,21,23)(H,22,24). The molecule has 1 atom stereocenters. The molecule has 1 unspecified atom stereocenters. The number of hydrogen-bond donors (Lipinski definition) is 2. The van der Waals surface area contributed by atoms with Gasteiger partial charge in [0.1, 0.15) is 15.6 Å². The van der Waals surface area contributed by atoms with E-state index in [1.807, 2.05) is 49.6 Å². The summed E-state index contributed by atoms with van der Waals surface area (Å²) < 4.78 is 5.71. The van der Waals surface area contributed by atoms with Crippen LogP contribution in [0, 0.1) is 13.8 Å². The summed E-state index contributed by atoms with van der Waals surface area (Å²) in [7, 11) is 0. The third kappa shape index (κ3) is 4.53. The van der Waals surface area contributed by atoms with E-state index in [9.17, 15) is 9.59 Å². The molecule has 2 aromatic heterocycles. The topological polar surface area (TPSA) is 80.3 Å². The quantitative estimate of drug-likeness (QED) is 0.639. The van der Waals surface area contributed by atoms with Gasteiger partial charge in [0.05, 0.1) is 11.1 Å². The molecular weight excluding hydrogens is 382 g/mol. The van der Waals surface area contributed by atoms with E-state index in [4.69, 9.17) is 4.74 Å². The average molecular weight is 402 g/mol. The molecule has 140 valence electrons. The van der Waals surface area contributed by atoms with E-state index in [0.717, 1.165) is 21.0 Å². The minimum absolute atomic E-state index is 0.414. The van der Waals surface area contributed by atoms with Crippen molar-refractivity contribution in [1.29, 1.82) is 0 Å². The van der Waals surface area contributed by atoms with Crippen LogP contribution in [-0.4, -0.2) is 22.9 Å². The second-order valence-electron chi connectivity index (χ2n) is 5.91. The van der Waals surface area contributed by atoms with Crippen molar-refractivity contribution in [3.63, 3.8) is 0 Å². The normalized spacial score (nSPS) is 11.7. The molecule has 2 N–H and O–H groups in total. The van der Waals surface area contributed by atoms with Crippen LogP contribution in [0.25, 0.3) is 9.88 Å². The number of nitrogens with one attached hydrogen (secondary N) is 2. The summed E-state index contributed by atoms with van der Waals surface area (Å²) in [4.78, 5) is 30.1. The fourth-order valence-electron chi connectivity index (χ4n) is 2.27. The van der Waals surface area contributed by atoms with Gasteiger partial charge in [-0.2, -0.15) is 0 Å². The number of carbonyl (C=O) groups is 2. The number of benzene rings is 1. The highest BCUT2D eigenvalue weighted by atomic mass is 32.1. The lowest BCUT2D eigenvalue weighted by Crippen LogP contribution is -2.47. The minimum Gasteiger partial charge on any atom is -0.481 e. The Morgan fingerprint density at radius 3 is 2.70 bits per heavy atom. The Labute approximate surface area is 165 Å². The molecule has 0 fully saturated rings. The molecule has 27 heavy (non-hydrogen) atoms. The van der Waals surface area contributed by atoms with Crippen molar-refractivity contribution in [1.82, 2.24) is 15.8 Å². The van der Waals surface area contributed by atoms with Gasteiger partial charge in [0.2, 0.25) is 0 Å². The van der Waals surface area contributed by atoms with Gasteiger partial charge in [-0.15, -0.1) is 22.7 Å². The Kier molecular flexibility index (Phi) is 5.88. The molecule has 6 nitrogen and oxygen atoms in total. The SMILES string of the molecule is Cc1cccc(OC(C)C(=O)NNC(=O)c2cnc(-c3cccs3)s2)c1C. The van der Waals surface area contributed by atoms with Crippen molar-refractivity contribution >= 4 is 34.5 Å². The van der Waals surface area contributed by atoms with Gasteiger partial charge in [-0.05, 0) is 49.4 Å². The van der Waals surface area contributed by atoms with Crippen molar-refractivity contribution in [2.75, 3.05) is 0 Å². The number of rotatable bonds is 5. The smallest absolute Gasteiger partial charge is 0.281 e. The van der Waals surface area contributed by atoms with E-state index in [-0.39, 0.29) is 0 Å². The molecule has 0 aliphatic carbocycles. The van der Waals surface area contributed by atoms with E-state index in [0.29, 0.717) is 10.6 Å². The van der Waals surface area contributed by atoms with Crippen LogP contribution < -0.4 is 15.6 Å². The summed E-state index contributed by atoms with van der Waals surface area (Å²) >= 11 is 2.83. The van der Waals surface area contributed by atoms with Crippen LogP contribution in [0.1, 0.15) is 27.7 Å². The lowest BCUT2D eigenvalue weighted by atomic mass is 10.1. The van der Waals surface area contributed by atoms with Crippen LogP contribution in [0.4, 0.5) is 0 Å². The zero-order valence-corrected chi connectivity index (χ0v) is 16.7. The van der Waals surface area contributed by atoms with Crippen LogP contribution in [-0.2, 0) is 4.79 Å². The van der Waals surface area contributed by atoms with Gasteiger partial charge in [-0.25, -0.2) is 4.98 Å². The molecule has 0 saturated heterocycles. The molecule has 2 amide bonds. The summed E-state index contributed by atoms with van der Waals surface area (Å²) in [6, 6.07) is 9.54. The predicted molar refractivity (Wildman–Crippen MR) is 107 cm³/mol. The van der Waals surface area contributed by atoms with Crippen LogP contribution in [0.2, 0.25) is 0 Å². The lowest BCUT2D eigenvalue weighted by molar-refractivity contribution is -0.128. The molecule has 3 aromatic rings. The maximum absolute atomic E-state index is 12.2. The summed E-state index contributed by atoms with van der Waals surface area (Å²) in [6.45, 7) is 5.55. The number of ether oxygens (including phenoxy) is 1. The molecule has 0 aliphatic rings. The third-order valence-electron chi connectivity index (χ3n) is 3.99. The van der Waals surface area contributed by atoms with Crippen LogP contribution in [0.3, 0.4) is 0 Å². The molecular formula is C19H19N3O3S2. The first-order valence-corrected chi connectivity index (χ1v) is 9.98. The Bertz CT molecular complexity index is 951. The zero-order valence-electron chi connectivity index (χ0n) is 15.1. The molecule has 8 heteroatoms. The average Bonchev–Trinajstić information content (AvgIpc) is 3.34. The Morgan fingerprint density at radius 1 is 1.15 bits per heavy atom. The number of thiophene rings is 1. The van der Waals surface area contributed by atoms with Gasteiger partial charge in [-0.1, -0.05) is 18.2 Å². The van der Waals surface area contributed by atoms with E-state index in [1.54, 1.807) is 18.3 Å². The summed E-state index contributed by atoms with van der Waals surface area (Å²) in [5.74, 6) is -0.207. The highest BCUT2D eigenvalue weighted by Crippen LogP contribution is 2.28. The molecule has 0 aliphatic heterocycles. The number of aromatic nitrogens is 1. The fourth-order valence-corrected chi connectivity index (χ4v) is 3.89. The summed E-state index contributed by atoms with van der Waals surface area (Å²) in [5.41, 5.74) is 6.86. The molecule has 0 saturated carbocycles. The van der Waals surface area contributed by atoms with Gasteiger partial charge in [-0.3, -0.25) is 20.4 Å². The van der Waals surface area contributed by atoms with Gasteiger partial charge in [0, 0.05) is 0 Å². The van der Waals surface area contributed by atoms with E-state index in [1.165, 1.54) is 17.5 Å². The molecule has 3 rings (SSSR count). The summed E-state index contributed by atoms with van der Waals surface area (Å²) in [5, 5.41) is 2.72. The van der Waals surface area contributed by atoms with Crippen LogP contribution in [0.15, 0.2) is 41.9 Å². The highest BCUT2D eigenvalue weighted by molar-refractivity contribution is 7.21.